The Balaban J connectivity index is 1.02. The first-order valence-corrected chi connectivity index (χ1v) is 13.4. The summed E-state index contributed by atoms with van der Waals surface area (Å²) in [6, 6.07) is 7.20. The van der Waals surface area contributed by atoms with Gasteiger partial charge in [-0.1, -0.05) is 9.36 Å². The van der Waals surface area contributed by atoms with Crippen molar-refractivity contribution in [2.75, 3.05) is 39.6 Å². The van der Waals surface area contributed by atoms with Gasteiger partial charge in [0.25, 0.3) is 0 Å². The Morgan fingerprint density at radius 1 is 0.615 bits per heavy atom. The van der Waals surface area contributed by atoms with Crippen molar-refractivity contribution in [1.82, 2.24) is 30.1 Å². The van der Waals surface area contributed by atoms with Gasteiger partial charge < -0.3 is 9.47 Å². The largest absolute Gasteiger partial charge is 0.400 e. The second-order valence-electron chi connectivity index (χ2n) is 7.78. The molecule has 204 valence electrons. The molecule has 0 aliphatic carbocycles. The molecule has 14 nitrogen and oxygen atoms in total. The molecule has 0 saturated carbocycles. The molecule has 15 heteroatoms. The Morgan fingerprint density at radius 2 is 1.05 bits per heavy atom. The Kier molecular flexibility index (Phi) is 10.7. The molecule has 0 amide bonds. The van der Waals surface area contributed by atoms with E-state index < -0.39 is 10.4 Å². The zero-order valence-electron chi connectivity index (χ0n) is 21.0. The van der Waals surface area contributed by atoms with E-state index in [1.54, 1.807) is 71.1 Å². The molecule has 0 atom stereocenters. The summed E-state index contributed by atoms with van der Waals surface area (Å²) in [5, 5.41) is 8.57. The van der Waals surface area contributed by atoms with Gasteiger partial charge in [0.2, 0.25) is 0 Å². The van der Waals surface area contributed by atoms with E-state index in [1.165, 1.54) is 0 Å². The monoisotopic (exact) mass is 556 g/mol. The van der Waals surface area contributed by atoms with E-state index in [0.717, 1.165) is 11.1 Å². The van der Waals surface area contributed by atoms with Gasteiger partial charge in [-0.05, 0) is 22.3 Å². The fourth-order valence-electron chi connectivity index (χ4n) is 3.14. The van der Waals surface area contributed by atoms with Crippen LogP contribution >= 0.6 is 0 Å². The van der Waals surface area contributed by atoms with Gasteiger partial charge in [-0.3, -0.25) is 0 Å². The van der Waals surface area contributed by atoms with Crippen molar-refractivity contribution >= 4 is 10.4 Å². The van der Waals surface area contributed by atoms with E-state index in [1.807, 2.05) is 12.1 Å². The third-order valence-corrected chi connectivity index (χ3v) is 5.94. The van der Waals surface area contributed by atoms with E-state index in [0.29, 0.717) is 38.0 Å². The van der Waals surface area contributed by atoms with Gasteiger partial charge in [0.05, 0.1) is 26.4 Å². The molecule has 0 aliphatic rings. The minimum atomic E-state index is -4.14. The van der Waals surface area contributed by atoms with Crippen LogP contribution in [-0.4, -0.2) is 78.2 Å². The lowest BCUT2D eigenvalue weighted by atomic mass is 10.3. The number of hydrogen-bond donors (Lipinski definition) is 0. The second kappa shape index (κ2) is 14.9. The highest BCUT2D eigenvalue weighted by molar-refractivity contribution is 7.81. The summed E-state index contributed by atoms with van der Waals surface area (Å²) < 4.78 is 47.4. The summed E-state index contributed by atoms with van der Waals surface area (Å²) in [5.74, 6) is 1.19. The topological polar surface area (TPSA) is 156 Å². The molecule has 4 aromatic heterocycles. The van der Waals surface area contributed by atoms with Crippen molar-refractivity contribution in [1.29, 1.82) is 0 Å². The highest BCUT2D eigenvalue weighted by Gasteiger charge is 2.13. The number of nitrogens with zero attached hydrogens (tertiary/aromatic N) is 8. The van der Waals surface area contributed by atoms with E-state index in [4.69, 9.17) is 17.8 Å². The van der Waals surface area contributed by atoms with Crippen LogP contribution in [0.2, 0.25) is 0 Å². The van der Waals surface area contributed by atoms with E-state index in [9.17, 15) is 8.42 Å². The quantitative estimate of drug-likeness (QED) is 0.134. The van der Waals surface area contributed by atoms with Crippen molar-refractivity contribution in [3.8, 4) is 22.8 Å². The van der Waals surface area contributed by atoms with Crippen LogP contribution in [0.4, 0.5) is 0 Å². The number of ether oxygens (including phenoxy) is 2. The third-order valence-electron chi connectivity index (χ3n) is 5.03. The Hall–Kier alpha value is -3.89. The maximum Gasteiger partial charge on any atom is 0.400 e. The second-order valence-corrected chi connectivity index (χ2v) is 9.07. The molecule has 0 radical (unpaired) electrons. The van der Waals surface area contributed by atoms with Crippen LogP contribution in [-0.2, 0) is 41.3 Å². The van der Waals surface area contributed by atoms with Crippen LogP contribution in [0.1, 0.15) is 0 Å². The Morgan fingerprint density at radius 3 is 1.44 bits per heavy atom. The average molecular weight is 557 g/mol. The zero-order valence-corrected chi connectivity index (χ0v) is 21.8. The molecule has 4 rings (SSSR count). The predicted octanol–water partition coefficient (Wildman–Crippen LogP) is -0.0230. The summed E-state index contributed by atoms with van der Waals surface area (Å²) >= 11 is 0. The first kappa shape index (κ1) is 28.1. The van der Waals surface area contributed by atoms with Gasteiger partial charge in [0, 0.05) is 48.0 Å². The van der Waals surface area contributed by atoms with Crippen molar-refractivity contribution in [2.24, 2.45) is 0 Å². The lowest BCUT2D eigenvalue weighted by Crippen LogP contribution is -2.39. The molecule has 0 bridgehead atoms. The summed E-state index contributed by atoms with van der Waals surface area (Å²) in [5.41, 5.74) is 1.61. The van der Waals surface area contributed by atoms with Crippen molar-refractivity contribution in [3.05, 3.63) is 73.8 Å². The van der Waals surface area contributed by atoms with Crippen molar-refractivity contribution in [3.63, 3.8) is 0 Å². The molecule has 0 spiro atoms. The third kappa shape index (κ3) is 9.73. The maximum absolute atomic E-state index is 11.8. The lowest BCUT2D eigenvalue weighted by molar-refractivity contribution is -0.755. The molecule has 0 unspecified atom stereocenters. The van der Waals surface area contributed by atoms with Crippen molar-refractivity contribution < 1.29 is 35.6 Å². The highest BCUT2D eigenvalue weighted by atomic mass is 32.3. The fourth-order valence-corrected chi connectivity index (χ4v) is 3.75. The van der Waals surface area contributed by atoms with Crippen LogP contribution in [0.5, 0.6) is 0 Å². The molecule has 0 aromatic carbocycles. The summed E-state index contributed by atoms with van der Waals surface area (Å²) in [4.78, 5) is 16.7. The van der Waals surface area contributed by atoms with Gasteiger partial charge in [-0.25, -0.2) is 28.3 Å². The highest BCUT2D eigenvalue weighted by Crippen LogP contribution is 2.10. The summed E-state index contributed by atoms with van der Waals surface area (Å²) in [6.45, 7) is 1.44. The first-order chi connectivity index (χ1) is 19.1. The van der Waals surface area contributed by atoms with Gasteiger partial charge in [-0.15, -0.1) is 0 Å². The minimum absolute atomic E-state index is 0.0784. The van der Waals surface area contributed by atoms with Crippen LogP contribution in [0, 0.1) is 0 Å². The SMILES string of the molecule is O=S(=O)(OCCOCC[n+]1ccc(-c2ncccn2)cn1)OCCOCC[n+]1ccc(-c2ncccn2)cn1. The van der Waals surface area contributed by atoms with E-state index in [-0.39, 0.29) is 26.4 Å². The standard InChI is InChI=1S/C24H28N8O6S/c33-39(34,37-17-15-35-13-11-31-9-3-21(19-29-31)23-25-5-1-6-26-23)38-18-16-36-14-12-32-10-4-22(20-30-32)24-27-7-2-8-28-24/h1-10,19-20H,11-18H2/q+2. The van der Waals surface area contributed by atoms with Gasteiger partial charge >= 0.3 is 10.4 Å². The normalized spacial score (nSPS) is 11.5. The molecule has 0 fully saturated rings. The van der Waals surface area contributed by atoms with Crippen LogP contribution < -0.4 is 9.36 Å². The number of aromatic nitrogens is 8. The molecule has 4 heterocycles. The van der Waals surface area contributed by atoms with Crippen LogP contribution in [0.3, 0.4) is 0 Å². The van der Waals surface area contributed by atoms with Gasteiger partial charge in [-0.2, -0.15) is 8.42 Å². The van der Waals surface area contributed by atoms with Crippen LogP contribution in [0.25, 0.3) is 22.8 Å². The Bertz CT molecular complexity index is 1260. The molecular formula is C24H28N8O6S+2. The molecular weight excluding hydrogens is 528 g/mol. The smallest absolute Gasteiger partial charge is 0.372 e. The fraction of sp³-hybridized carbons (Fsp3) is 0.333. The van der Waals surface area contributed by atoms with Crippen LogP contribution in [0.15, 0.2) is 73.8 Å². The molecule has 4 aromatic rings. The molecule has 0 saturated heterocycles. The summed E-state index contributed by atoms with van der Waals surface area (Å²) in [6.07, 6.45) is 13.6. The maximum atomic E-state index is 11.8. The minimum Gasteiger partial charge on any atom is -0.372 e. The average Bonchev–Trinajstić information content (AvgIpc) is 2.98. The predicted molar refractivity (Wildman–Crippen MR) is 133 cm³/mol. The number of hydrogen-bond acceptors (Lipinski definition) is 12. The molecule has 0 N–H and O–H groups in total. The number of rotatable bonds is 16. The van der Waals surface area contributed by atoms with E-state index >= 15 is 0 Å². The summed E-state index contributed by atoms with van der Waals surface area (Å²) in [7, 11) is -4.14. The van der Waals surface area contributed by atoms with Crippen molar-refractivity contribution in [2.45, 2.75) is 13.1 Å². The molecule has 39 heavy (non-hydrogen) atoms. The molecule has 0 aliphatic heterocycles. The lowest BCUT2D eigenvalue weighted by Gasteiger charge is -2.06. The zero-order chi connectivity index (χ0) is 27.2. The first-order valence-electron chi connectivity index (χ1n) is 12.0. The van der Waals surface area contributed by atoms with Gasteiger partial charge in [0.15, 0.2) is 37.1 Å². The Labute approximate surface area is 225 Å². The van der Waals surface area contributed by atoms with E-state index in [2.05, 4.69) is 30.1 Å². The van der Waals surface area contributed by atoms with Gasteiger partial charge in [0.1, 0.15) is 25.6 Å².